The molecular formula is C14H15F3N2O2. The van der Waals surface area contributed by atoms with Gasteiger partial charge in [0, 0.05) is 13.1 Å². The standard InChI is InChI=1S/C14H15F3N2O2/c15-14(16,17)9-13(21)19-7-6-18-12(20)8-11(19)10-4-2-1-3-5-10/h1-5,11H,6-9H2,(H,18,20)/t11-/m0/s1. The van der Waals surface area contributed by atoms with Gasteiger partial charge in [0.2, 0.25) is 11.8 Å². The van der Waals surface area contributed by atoms with Crippen molar-refractivity contribution in [1.82, 2.24) is 10.2 Å². The van der Waals surface area contributed by atoms with Gasteiger partial charge in [-0.15, -0.1) is 0 Å². The first kappa shape index (κ1) is 15.3. The molecule has 0 saturated carbocycles. The molecule has 0 unspecified atom stereocenters. The number of hydrogen-bond donors (Lipinski definition) is 1. The van der Waals surface area contributed by atoms with Gasteiger partial charge >= 0.3 is 6.18 Å². The van der Waals surface area contributed by atoms with Crippen molar-refractivity contribution in [1.29, 1.82) is 0 Å². The molecule has 4 nitrogen and oxygen atoms in total. The Morgan fingerprint density at radius 3 is 2.57 bits per heavy atom. The summed E-state index contributed by atoms with van der Waals surface area (Å²) in [5.74, 6) is -1.28. The molecule has 0 aromatic heterocycles. The van der Waals surface area contributed by atoms with Crippen molar-refractivity contribution >= 4 is 11.8 Å². The van der Waals surface area contributed by atoms with Crippen molar-refractivity contribution in [3.05, 3.63) is 35.9 Å². The van der Waals surface area contributed by atoms with Crippen molar-refractivity contribution < 1.29 is 22.8 Å². The van der Waals surface area contributed by atoms with E-state index >= 15 is 0 Å². The predicted molar refractivity (Wildman–Crippen MR) is 69.2 cm³/mol. The number of carbonyl (C=O) groups is 2. The largest absolute Gasteiger partial charge is 0.397 e. The predicted octanol–water partition coefficient (Wildman–Crippen LogP) is 2.03. The first-order chi connectivity index (χ1) is 9.87. The van der Waals surface area contributed by atoms with Gasteiger partial charge in [0.1, 0.15) is 6.42 Å². The highest BCUT2D eigenvalue weighted by atomic mass is 19.4. The van der Waals surface area contributed by atoms with Crippen molar-refractivity contribution in [3.8, 4) is 0 Å². The maximum atomic E-state index is 12.4. The summed E-state index contributed by atoms with van der Waals surface area (Å²) in [5.41, 5.74) is 0.657. The molecule has 1 aromatic rings. The number of nitrogens with one attached hydrogen (secondary N) is 1. The fraction of sp³-hybridized carbons (Fsp3) is 0.429. The third kappa shape index (κ3) is 4.21. The van der Waals surface area contributed by atoms with Crippen LogP contribution in [-0.4, -0.2) is 36.0 Å². The number of halogens is 3. The third-order valence-electron chi connectivity index (χ3n) is 3.29. The second-order valence-electron chi connectivity index (χ2n) is 4.86. The second-order valence-corrected chi connectivity index (χ2v) is 4.86. The first-order valence-electron chi connectivity index (χ1n) is 6.55. The number of nitrogens with zero attached hydrogens (tertiary/aromatic N) is 1. The summed E-state index contributed by atoms with van der Waals surface area (Å²) in [7, 11) is 0. The normalized spacial score (nSPS) is 19.9. The van der Waals surface area contributed by atoms with Crippen molar-refractivity contribution in [2.75, 3.05) is 13.1 Å². The van der Waals surface area contributed by atoms with Gasteiger partial charge in [0.25, 0.3) is 0 Å². The van der Waals surface area contributed by atoms with E-state index in [1.165, 1.54) is 0 Å². The fourth-order valence-electron chi connectivity index (χ4n) is 2.37. The van der Waals surface area contributed by atoms with E-state index in [2.05, 4.69) is 5.32 Å². The van der Waals surface area contributed by atoms with Gasteiger partial charge in [-0.2, -0.15) is 13.2 Å². The minimum absolute atomic E-state index is 0.0341. The zero-order chi connectivity index (χ0) is 15.5. The Morgan fingerprint density at radius 1 is 1.29 bits per heavy atom. The Kier molecular flexibility index (Phi) is 4.50. The van der Waals surface area contributed by atoms with Crippen molar-refractivity contribution in [2.45, 2.75) is 25.1 Å². The molecule has 1 atom stereocenters. The minimum Gasteiger partial charge on any atom is -0.354 e. The van der Waals surface area contributed by atoms with Crippen LogP contribution in [0.5, 0.6) is 0 Å². The van der Waals surface area contributed by atoms with Crippen LogP contribution < -0.4 is 5.32 Å². The van der Waals surface area contributed by atoms with E-state index in [1.807, 2.05) is 0 Å². The van der Waals surface area contributed by atoms with Gasteiger partial charge < -0.3 is 10.2 Å². The molecule has 1 fully saturated rings. The average molecular weight is 300 g/mol. The third-order valence-corrected chi connectivity index (χ3v) is 3.29. The molecule has 1 aliphatic heterocycles. The smallest absolute Gasteiger partial charge is 0.354 e. The van der Waals surface area contributed by atoms with Crippen molar-refractivity contribution in [3.63, 3.8) is 0 Å². The number of benzene rings is 1. The van der Waals surface area contributed by atoms with Crippen LogP contribution in [-0.2, 0) is 9.59 Å². The van der Waals surface area contributed by atoms with Gasteiger partial charge in [-0.1, -0.05) is 30.3 Å². The number of amides is 2. The van der Waals surface area contributed by atoms with E-state index in [-0.39, 0.29) is 25.4 Å². The molecule has 0 spiro atoms. The summed E-state index contributed by atoms with van der Waals surface area (Å²) in [6.07, 6.45) is -6.10. The molecular weight excluding hydrogens is 285 g/mol. The molecule has 2 rings (SSSR count). The maximum absolute atomic E-state index is 12.4. The number of alkyl halides is 3. The molecule has 0 radical (unpaired) electrons. The molecule has 114 valence electrons. The van der Waals surface area contributed by atoms with Crippen LogP contribution in [0, 0.1) is 0 Å². The van der Waals surface area contributed by atoms with Crippen LogP contribution in [0.1, 0.15) is 24.4 Å². The summed E-state index contributed by atoms with van der Waals surface area (Å²) in [6.45, 7) is 0.228. The van der Waals surface area contributed by atoms with Crippen LogP contribution in [0.25, 0.3) is 0 Å². The SMILES string of the molecule is O=C1C[C@@H](c2ccccc2)N(C(=O)CC(F)(F)F)CCN1. The highest BCUT2D eigenvalue weighted by molar-refractivity contribution is 5.81. The Morgan fingerprint density at radius 2 is 1.95 bits per heavy atom. The summed E-state index contributed by atoms with van der Waals surface area (Å²) in [4.78, 5) is 24.7. The molecule has 1 saturated heterocycles. The number of hydrogen-bond acceptors (Lipinski definition) is 2. The summed E-state index contributed by atoms with van der Waals surface area (Å²) < 4.78 is 37.3. The maximum Gasteiger partial charge on any atom is 0.397 e. The lowest BCUT2D eigenvalue weighted by atomic mass is 10.0. The summed E-state index contributed by atoms with van der Waals surface area (Å²) in [5, 5.41) is 2.58. The van der Waals surface area contributed by atoms with E-state index < -0.39 is 24.5 Å². The van der Waals surface area contributed by atoms with Gasteiger partial charge in [0.15, 0.2) is 0 Å². The summed E-state index contributed by atoms with van der Waals surface area (Å²) in [6, 6.07) is 7.97. The lowest BCUT2D eigenvalue weighted by Gasteiger charge is -2.30. The fourth-order valence-corrected chi connectivity index (χ4v) is 2.37. The highest BCUT2D eigenvalue weighted by Gasteiger charge is 2.37. The van der Waals surface area contributed by atoms with Gasteiger partial charge in [-0.25, -0.2) is 0 Å². The van der Waals surface area contributed by atoms with E-state index in [0.29, 0.717) is 5.56 Å². The Hall–Kier alpha value is -2.05. The molecule has 2 amide bonds. The van der Waals surface area contributed by atoms with E-state index in [4.69, 9.17) is 0 Å². The lowest BCUT2D eigenvalue weighted by molar-refractivity contribution is -0.163. The van der Waals surface area contributed by atoms with Crippen LogP contribution in [0.3, 0.4) is 0 Å². The molecule has 0 aliphatic carbocycles. The molecule has 21 heavy (non-hydrogen) atoms. The minimum atomic E-state index is -4.55. The van der Waals surface area contributed by atoms with Crippen LogP contribution in [0.4, 0.5) is 13.2 Å². The number of rotatable bonds is 2. The van der Waals surface area contributed by atoms with Crippen molar-refractivity contribution in [2.24, 2.45) is 0 Å². The Balaban J connectivity index is 2.26. The first-order valence-corrected chi connectivity index (χ1v) is 6.55. The monoisotopic (exact) mass is 300 g/mol. The lowest BCUT2D eigenvalue weighted by Crippen LogP contribution is -2.38. The van der Waals surface area contributed by atoms with E-state index in [0.717, 1.165) is 4.90 Å². The topological polar surface area (TPSA) is 49.4 Å². The summed E-state index contributed by atoms with van der Waals surface area (Å²) >= 11 is 0. The molecule has 0 bridgehead atoms. The molecule has 1 aliphatic rings. The molecule has 1 N–H and O–H groups in total. The molecule has 7 heteroatoms. The van der Waals surface area contributed by atoms with Crippen LogP contribution in [0.15, 0.2) is 30.3 Å². The van der Waals surface area contributed by atoms with E-state index in [9.17, 15) is 22.8 Å². The van der Waals surface area contributed by atoms with Crippen LogP contribution in [0.2, 0.25) is 0 Å². The zero-order valence-corrected chi connectivity index (χ0v) is 11.2. The zero-order valence-electron chi connectivity index (χ0n) is 11.2. The number of carbonyl (C=O) groups excluding carboxylic acids is 2. The Bertz CT molecular complexity index is 517. The average Bonchev–Trinajstić information content (AvgIpc) is 2.59. The second kappa shape index (κ2) is 6.15. The molecule has 1 aromatic carbocycles. The Labute approximate surface area is 119 Å². The van der Waals surface area contributed by atoms with Gasteiger partial charge in [0.05, 0.1) is 12.5 Å². The van der Waals surface area contributed by atoms with E-state index in [1.54, 1.807) is 30.3 Å². The molecule has 1 heterocycles. The van der Waals surface area contributed by atoms with Crippen LogP contribution >= 0.6 is 0 Å². The quantitative estimate of drug-likeness (QED) is 0.908. The highest BCUT2D eigenvalue weighted by Crippen LogP contribution is 2.29. The van der Waals surface area contributed by atoms with Gasteiger partial charge in [-0.05, 0) is 5.56 Å². The van der Waals surface area contributed by atoms with Gasteiger partial charge in [-0.3, -0.25) is 9.59 Å².